The quantitative estimate of drug-likeness (QED) is 0.536. The molecule has 1 heterocycles. The van der Waals surface area contributed by atoms with Crippen molar-refractivity contribution in [3.05, 3.63) is 58.7 Å². The first-order valence-corrected chi connectivity index (χ1v) is 10.1. The number of halogens is 1. The summed E-state index contributed by atoms with van der Waals surface area (Å²) < 4.78 is 10.8. The number of hydrogen-bond donors (Lipinski definition) is 2. The van der Waals surface area contributed by atoms with Gasteiger partial charge in [-0.2, -0.15) is 0 Å². The third-order valence-corrected chi connectivity index (χ3v) is 5.19. The van der Waals surface area contributed by atoms with Gasteiger partial charge in [0.05, 0.1) is 14.2 Å². The first-order chi connectivity index (χ1) is 13.9. The van der Waals surface area contributed by atoms with Gasteiger partial charge >= 0.3 is 0 Å². The fraction of sp³-hybridized carbons (Fsp3) is 0.348. The number of rotatable bonds is 8. The molecule has 0 aliphatic heterocycles. The highest BCUT2D eigenvalue weighted by Crippen LogP contribution is 2.38. The summed E-state index contributed by atoms with van der Waals surface area (Å²) in [5.74, 6) is 1.53. The molecule has 2 aromatic carbocycles. The van der Waals surface area contributed by atoms with Crippen LogP contribution in [0.4, 0.5) is 0 Å². The van der Waals surface area contributed by atoms with Crippen LogP contribution in [0.3, 0.4) is 0 Å². The van der Waals surface area contributed by atoms with Crippen LogP contribution in [0.25, 0.3) is 10.9 Å². The minimum Gasteiger partial charge on any atom is -0.493 e. The minimum absolute atomic E-state index is 0.00913. The summed E-state index contributed by atoms with van der Waals surface area (Å²) in [6.07, 6.45) is 2.28. The molecule has 0 bridgehead atoms. The normalized spacial score (nSPS) is 12.2. The van der Waals surface area contributed by atoms with Crippen molar-refractivity contribution in [2.75, 3.05) is 20.8 Å². The van der Waals surface area contributed by atoms with Crippen LogP contribution >= 0.6 is 11.6 Å². The van der Waals surface area contributed by atoms with E-state index in [-0.39, 0.29) is 11.8 Å². The van der Waals surface area contributed by atoms with E-state index in [0.29, 0.717) is 35.4 Å². The van der Waals surface area contributed by atoms with Gasteiger partial charge < -0.3 is 19.8 Å². The van der Waals surface area contributed by atoms with Crippen molar-refractivity contribution < 1.29 is 14.3 Å². The molecule has 0 saturated heterocycles. The van der Waals surface area contributed by atoms with Crippen molar-refractivity contribution in [3.8, 4) is 11.5 Å². The number of ether oxygens (including phenoxy) is 2. The SMILES string of the molecule is COc1ccc(C(CC(=O)NCC(C)C)c2c[nH]c3ccc(Cl)cc23)cc1OC. The van der Waals surface area contributed by atoms with Crippen LogP contribution < -0.4 is 14.8 Å². The number of benzene rings is 2. The van der Waals surface area contributed by atoms with Crippen molar-refractivity contribution in [2.24, 2.45) is 5.92 Å². The molecular weight excluding hydrogens is 388 g/mol. The number of nitrogens with one attached hydrogen (secondary N) is 2. The number of aromatic nitrogens is 1. The second-order valence-corrected chi connectivity index (χ2v) is 7.94. The Hall–Kier alpha value is -2.66. The van der Waals surface area contributed by atoms with Gasteiger partial charge in [0.1, 0.15) is 0 Å². The van der Waals surface area contributed by atoms with Crippen molar-refractivity contribution in [1.82, 2.24) is 10.3 Å². The number of hydrogen-bond acceptors (Lipinski definition) is 3. The zero-order valence-corrected chi connectivity index (χ0v) is 18.0. The van der Waals surface area contributed by atoms with E-state index in [1.54, 1.807) is 14.2 Å². The molecule has 0 fully saturated rings. The number of H-pyrrole nitrogens is 1. The molecule has 1 unspecified atom stereocenters. The van der Waals surface area contributed by atoms with Gasteiger partial charge in [-0.1, -0.05) is 31.5 Å². The molecule has 3 aromatic rings. The average Bonchev–Trinajstić information content (AvgIpc) is 3.12. The lowest BCUT2D eigenvalue weighted by Gasteiger charge is -2.19. The molecule has 2 N–H and O–H groups in total. The maximum atomic E-state index is 12.7. The Morgan fingerprint density at radius 2 is 1.86 bits per heavy atom. The molecule has 1 aromatic heterocycles. The molecule has 29 heavy (non-hydrogen) atoms. The lowest BCUT2D eigenvalue weighted by Crippen LogP contribution is -2.28. The summed E-state index contributed by atoms with van der Waals surface area (Å²) in [5, 5.41) is 4.69. The highest BCUT2D eigenvalue weighted by Gasteiger charge is 2.23. The molecule has 1 amide bonds. The summed E-state index contributed by atoms with van der Waals surface area (Å²) >= 11 is 6.25. The monoisotopic (exact) mass is 414 g/mol. The molecule has 154 valence electrons. The molecular formula is C23H27ClN2O3. The van der Waals surface area contributed by atoms with E-state index in [2.05, 4.69) is 24.1 Å². The molecule has 1 atom stereocenters. The Morgan fingerprint density at radius 3 is 2.55 bits per heavy atom. The van der Waals surface area contributed by atoms with Gasteiger partial charge in [0.15, 0.2) is 11.5 Å². The van der Waals surface area contributed by atoms with Gasteiger partial charge in [-0.3, -0.25) is 4.79 Å². The third-order valence-electron chi connectivity index (χ3n) is 4.96. The van der Waals surface area contributed by atoms with Gasteiger partial charge in [-0.15, -0.1) is 0 Å². The first kappa shape index (κ1) is 21.1. The van der Waals surface area contributed by atoms with Gasteiger partial charge in [0.2, 0.25) is 5.91 Å². The smallest absolute Gasteiger partial charge is 0.220 e. The fourth-order valence-electron chi connectivity index (χ4n) is 3.46. The number of carbonyl (C=O) groups excluding carboxylic acids is 1. The average molecular weight is 415 g/mol. The zero-order chi connectivity index (χ0) is 21.0. The maximum Gasteiger partial charge on any atom is 0.220 e. The van der Waals surface area contributed by atoms with Crippen LogP contribution in [0, 0.1) is 5.92 Å². The van der Waals surface area contributed by atoms with Gasteiger partial charge in [-0.05, 0) is 47.4 Å². The fourth-order valence-corrected chi connectivity index (χ4v) is 3.63. The summed E-state index contributed by atoms with van der Waals surface area (Å²) in [4.78, 5) is 16.0. The molecule has 0 aliphatic rings. The lowest BCUT2D eigenvalue weighted by molar-refractivity contribution is -0.121. The van der Waals surface area contributed by atoms with E-state index in [4.69, 9.17) is 21.1 Å². The van der Waals surface area contributed by atoms with Crippen LogP contribution in [-0.4, -0.2) is 31.7 Å². The zero-order valence-electron chi connectivity index (χ0n) is 17.2. The van der Waals surface area contributed by atoms with E-state index < -0.39 is 0 Å². The summed E-state index contributed by atoms with van der Waals surface area (Å²) in [5.41, 5.74) is 2.98. The summed E-state index contributed by atoms with van der Waals surface area (Å²) in [7, 11) is 3.22. The van der Waals surface area contributed by atoms with Crippen molar-refractivity contribution >= 4 is 28.4 Å². The number of carbonyl (C=O) groups is 1. The van der Waals surface area contributed by atoms with E-state index in [0.717, 1.165) is 22.0 Å². The largest absolute Gasteiger partial charge is 0.493 e. The molecule has 0 aliphatic carbocycles. The van der Waals surface area contributed by atoms with Crippen molar-refractivity contribution in [2.45, 2.75) is 26.2 Å². The predicted molar refractivity (Wildman–Crippen MR) is 117 cm³/mol. The summed E-state index contributed by atoms with van der Waals surface area (Å²) in [6, 6.07) is 11.5. The first-order valence-electron chi connectivity index (χ1n) is 9.68. The second kappa shape index (κ2) is 9.23. The Bertz CT molecular complexity index is 997. The number of aromatic amines is 1. The van der Waals surface area contributed by atoms with E-state index in [9.17, 15) is 4.79 Å². The van der Waals surface area contributed by atoms with Crippen LogP contribution in [0.5, 0.6) is 11.5 Å². The highest BCUT2D eigenvalue weighted by molar-refractivity contribution is 6.31. The molecule has 0 radical (unpaired) electrons. The Labute approximate surface area is 176 Å². The Kier molecular flexibility index (Phi) is 6.70. The van der Waals surface area contributed by atoms with Gasteiger partial charge in [0, 0.05) is 41.0 Å². The summed E-state index contributed by atoms with van der Waals surface area (Å²) in [6.45, 7) is 4.80. The number of methoxy groups -OCH3 is 2. The van der Waals surface area contributed by atoms with Gasteiger partial charge in [0.25, 0.3) is 0 Å². The molecule has 0 saturated carbocycles. The number of amides is 1. The third kappa shape index (κ3) is 4.85. The second-order valence-electron chi connectivity index (χ2n) is 7.50. The maximum absolute atomic E-state index is 12.7. The highest BCUT2D eigenvalue weighted by atomic mass is 35.5. The number of fused-ring (bicyclic) bond motifs is 1. The van der Waals surface area contributed by atoms with E-state index >= 15 is 0 Å². The van der Waals surface area contributed by atoms with Crippen LogP contribution in [0.2, 0.25) is 5.02 Å². The van der Waals surface area contributed by atoms with Crippen LogP contribution in [0.1, 0.15) is 37.3 Å². The van der Waals surface area contributed by atoms with E-state index in [1.165, 1.54) is 0 Å². The molecule has 3 rings (SSSR count). The lowest BCUT2D eigenvalue weighted by atomic mass is 9.87. The van der Waals surface area contributed by atoms with Crippen molar-refractivity contribution in [1.29, 1.82) is 0 Å². The van der Waals surface area contributed by atoms with Crippen LogP contribution in [0.15, 0.2) is 42.6 Å². The Morgan fingerprint density at radius 1 is 1.10 bits per heavy atom. The van der Waals surface area contributed by atoms with Gasteiger partial charge in [-0.25, -0.2) is 0 Å². The predicted octanol–water partition coefficient (Wildman–Crippen LogP) is 5.13. The standard InChI is InChI=1S/C23H27ClN2O3/c1-14(2)12-26-23(27)11-17(15-5-8-21(28-3)22(9-15)29-4)19-13-25-20-7-6-16(24)10-18(19)20/h5-10,13-14,17,25H,11-12H2,1-4H3,(H,26,27). The minimum atomic E-state index is -0.158. The molecule has 5 nitrogen and oxygen atoms in total. The molecule has 6 heteroatoms. The van der Waals surface area contributed by atoms with Crippen LogP contribution in [-0.2, 0) is 4.79 Å². The van der Waals surface area contributed by atoms with E-state index in [1.807, 2.05) is 42.6 Å². The molecule has 0 spiro atoms. The topological polar surface area (TPSA) is 63.3 Å². The van der Waals surface area contributed by atoms with Crippen molar-refractivity contribution in [3.63, 3.8) is 0 Å². The Balaban J connectivity index is 2.04.